The van der Waals surface area contributed by atoms with E-state index in [2.05, 4.69) is 15.9 Å². The van der Waals surface area contributed by atoms with Gasteiger partial charge in [0.1, 0.15) is 0 Å². The van der Waals surface area contributed by atoms with Crippen molar-refractivity contribution in [2.45, 2.75) is 13.3 Å². The third kappa shape index (κ3) is 2.88. The van der Waals surface area contributed by atoms with Crippen molar-refractivity contribution in [3.8, 4) is 11.5 Å². The number of benzene rings is 1. The van der Waals surface area contributed by atoms with Gasteiger partial charge in [0.15, 0.2) is 11.5 Å². The normalized spacial score (nSPS) is 12.2. The summed E-state index contributed by atoms with van der Waals surface area (Å²) in [6.07, 6.45) is 0.382. The molecule has 1 unspecified atom stereocenters. The highest BCUT2D eigenvalue weighted by atomic mass is 79.9. The Hall–Kier alpha value is -1.23. The van der Waals surface area contributed by atoms with Crippen LogP contribution in [0.2, 0.25) is 0 Å². The molecule has 2 N–H and O–H groups in total. The molecule has 0 spiro atoms. The van der Waals surface area contributed by atoms with Crippen LogP contribution in [0.5, 0.6) is 11.5 Å². The van der Waals surface area contributed by atoms with Crippen molar-refractivity contribution in [1.82, 2.24) is 0 Å². The monoisotopic (exact) mass is 288 g/mol. The molecule has 1 rings (SSSR count). The summed E-state index contributed by atoms with van der Waals surface area (Å²) in [5, 5.41) is 18.3. The number of carboxylic acids is 1. The molecule has 4 nitrogen and oxygen atoms in total. The van der Waals surface area contributed by atoms with E-state index < -0.39 is 11.9 Å². The van der Waals surface area contributed by atoms with E-state index in [1.54, 1.807) is 13.0 Å². The van der Waals surface area contributed by atoms with E-state index >= 15 is 0 Å². The van der Waals surface area contributed by atoms with E-state index in [9.17, 15) is 9.90 Å². The zero-order chi connectivity index (χ0) is 12.3. The van der Waals surface area contributed by atoms with Crippen LogP contribution in [0, 0.1) is 5.92 Å². The third-order valence-corrected chi connectivity index (χ3v) is 3.03. The number of carbonyl (C=O) groups is 1. The highest BCUT2D eigenvalue weighted by molar-refractivity contribution is 9.10. The Morgan fingerprint density at radius 1 is 1.56 bits per heavy atom. The average molecular weight is 289 g/mol. The average Bonchev–Trinajstić information content (AvgIpc) is 2.21. The first kappa shape index (κ1) is 12.8. The summed E-state index contributed by atoms with van der Waals surface area (Å²) < 4.78 is 5.64. The lowest BCUT2D eigenvalue weighted by Crippen LogP contribution is -2.12. The fourth-order valence-corrected chi connectivity index (χ4v) is 1.82. The highest BCUT2D eigenvalue weighted by Gasteiger charge is 2.15. The molecule has 0 aliphatic rings. The molecule has 0 saturated heterocycles. The molecule has 0 aliphatic carbocycles. The number of hydrogen-bond acceptors (Lipinski definition) is 3. The fraction of sp³-hybridized carbons (Fsp3) is 0.364. The molecule has 0 amide bonds. The molecule has 0 aliphatic heterocycles. The summed E-state index contributed by atoms with van der Waals surface area (Å²) in [5.41, 5.74) is 0.796. The first-order chi connectivity index (χ1) is 7.45. The minimum absolute atomic E-state index is 0.0288. The molecule has 0 radical (unpaired) electrons. The summed E-state index contributed by atoms with van der Waals surface area (Å²) in [5.74, 6) is -0.957. The van der Waals surface area contributed by atoms with Crippen LogP contribution < -0.4 is 4.74 Å². The van der Waals surface area contributed by atoms with Crippen molar-refractivity contribution in [3.63, 3.8) is 0 Å². The van der Waals surface area contributed by atoms with Gasteiger partial charge in [0.2, 0.25) is 0 Å². The lowest BCUT2D eigenvalue weighted by atomic mass is 10.0. The van der Waals surface area contributed by atoms with Gasteiger partial charge in [-0.1, -0.05) is 22.9 Å². The second-order valence-corrected chi connectivity index (χ2v) is 4.41. The molecule has 16 heavy (non-hydrogen) atoms. The summed E-state index contributed by atoms with van der Waals surface area (Å²) in [6.45, 7) is 1.63. The van der Waals surface area contributed by atoms with Gasteiger partial charge in [-0.15, -0.1) is 0 Å². The van der Waals surface area contributed by atoms with E-state index in [-0.39, 0.29) is 5.75 Å². The summed E-state index contributed by atoms with van der Waals surface area (Å²) >= 11 is 3.28. The van der Waals surface area contributed by atoms with Crippen molar-refractivity contribution in [2.75, 3.05) is 7.11 Å². The number of halogens is 1. The highest BCUT2D eigenvalue weighted by Crippen LogP contribution is 2.33. The number of phenols is 1. The number of methoxy groups -OCH3 is 1. The zero-order valence-electron chi connectivity index (χ0n) is 9.03. The van der Waals surface area contributed by atoms with Crippen molar-refractivity contribution < 1.29 is 19.7 Å². The van der Waals surface area contributed by atoms with Gasteiger partial charge in [-0.2, -0.15) is 0 Å². The number of aromatic hydroxyl groups is 1. The Morgan fingerprint density at radius 2 is 2.19 bits per heavy atom. The van der Waals surface area contributed by atoms with Gasteiger partial charge in [0.25, 0.3) is 0 Å². The van der Waals surface area contributed by atoms with E-state index in [4.69, 9.17) is 9.84 Å². The Morgan fingerprint density at radius 3 is 2.69 bits per heavy atom. The number of phenolic OH excluding ortho intramolecular Hbond substituents is 1. The second kappa shape index (κ2) is 5.21. The molecule has 1 aromatic rings. The molecular formula is C11H13BrO4. The third-order valence-electron chi connectivity index (χ3n) is 2.30. The number of aliphatic carboxylic acids is 1. The van der Waals surface area contributed by atoms with E-state index in [0.717, 1.165) is 5.56 Å². The maximum absolute atomic E-state index is 10.7. The quantitative estimate of drug-likeness (QED) is 0.893. The smallest absolute Gasteiger partial charge is 0.306 e. The van der Waals surface area contributed by atoms with Gasteiger partial charge in [0, 0.05) is 4.47 Å². The molecule has 1 aromatic carbocycles. The second-order valence-electron chi connectivity index (χ2n) is 3.56. The fourth-order valence-electron chi connectivity index (χ4n) is 1.32. The molecule has 0 heterocycles. The van der Waals surface area contributed by atoms with Crippen LogP contribution in [0.3, 0.4) is 0 Å². The molecule has 5 heteroatoms. The van der Waals surface area contributed by atoms with Gasteiger partial charge in [-0.05, 0) is 24.1 Å². The molecule has 0 fully saturated rings. The Labute approximate surface area is 102 Å². The molecular weight excluding hydrogens is 276 g/mol. The van der Waals surface area contributed by atoms with Crippen molar-refractivity contribution in [3.05, 3.63) is 22.2 Å². The molecule has 88 valence electrons. The van der Waals surface area contributed by atoms with Gasteiger partial charge < -0.3 is 14.9 Å². The standard InChI is InChI=1S/C11H13BrO4/c1-6(11(14)15)3-7-4-10(16-2)9(13)5-8(7)12/h4-6,13H,3H2,1-2H3,(H,14,15). The van der Waals surface area contributed by atoms with Gasteiger partial charge in [-0.3, -0.25) is 4.79 Å². The van der Waals surface area contributed by atoms with Crippen LogP contribution in [0.15, 0.2) is 16.6 Å². The predicted molar refractivity (Wildman–Crippen MR) is 62.9 cm³/mol. The summed E-state index contributed by atoms with van der Waals surface area (Å²) in [4.78, 5) is 10.7. The summed E-state index contributed by atoms with van der Waals surface area (Å²) in [6, 6.07) is 3.14. The van der Waals surface area contributed by atoms with Crippen LogP contribution in [-0.4, -0.2) is 23.3 Å². The molecule has 0 aromatic heterocycles. The van der Waals surface area contributed by atoms with Crippen molar-refractivity contribution in [2.24, 2.45) is 5.92 Å². The largest absolute Gasteiger partial charge is 0.504 e. The zero-order valence-corrected chi connectivity index (χ0v) is 10.6. The van der Waals surface area contributed by atoms with Gasteiger partial charge >= 0.3 is 5.97 Å². The minimum Gasteiger partial charge on any atom is -0.504 e. The molecule has 1 atom stereocenters. The van der Waals surface area contributed by atoms with Gasteiger partial charge in [-0.25, -0.2) is 0 Å². The van der Waals surface area contributed by atoms with E-state index in [1.165, 1.54) is 13.2 Å². The Kier molecular flexibility index (Phi) is 4.18. The SMILES string of the molecule is COc1cc(CC(C)C(=O)O)c(Br)cc1O. The Balaban J connectivity index is 3.00. The maximum Gasteiger partial charge on any atom is 0.306 e. The van der Waals surface area contributed by atoms with E-state index in [1.807, 2.05) is 0 Å². The van der Waals surface area contributed by atoms with E-state index in [0.29, 0.717) is 16.6 Å². The van der Waals surface area contributed by atoms with Crippen molar-refractivity contribution in [1.29, 1.82) is 0 Å². The number of hydrogen-bond donors (Lipinski definition) is 2. The number of ether oxygens (including phenoxy) is 1. The lowest BCUT2D eigenvalue weighted by molar-refractivity contribution is -0.141. The summed E-state index contributed by atoms with van der Waals surface area (Å²) in [7, 11) is 1.45. The first-order valence-electron chi connectivity index (χ1n) is 4.74. The lowest BCUT2D eigenvalue weighted by Gasteiger charge is -2.11. The van der Waals surface area contributed by atoms with Crippen LogP contribution in [0.4, 0.5) is 0 Å². The van der Waals surface area contributed by atoms with Gasteiger partial charge in [0.05, 0.1) is 13.0 Å². The van der Waals surface area contributed by atoms with Crippen LogP contribution in [0.1, 0.15) is 12.5 Å². The number of rotatable bonds is 4. The first-order valence-corrected chi connectivity index (χ1v) is 5.53. The van der Waals surface area contributed by atoms with Crippen LogP contribution >= 0.6 is 15.9 Å². The maximum atomic E-state index is 10.7. The van der Waals surface area contributed by atoms with Crippen LogP contribution in [0.25, 0.3) is 0 Å². The topological polar surface area (TPSA) is 66.8 Å². The molecule has 0 bridgehead atoms. The predicted octanol–water partition coefficient (Wildman–Crippen LogP) is 2.43. The molecule has 0 saturated carbocycles. The van der Waals surface area contributed by atoms with Crippen LogP contribution in [-0.2, 0) is 11.2 Å². The minimum atomic E-state index is -0.848. The Bertz CT molecular complexity index is 403. The van der Waals surface area contributed by atoms with Crippen molar-refractivity contribution >= 4 is 21.9 Å². The number of carboxylic acid groups (broad SMARTS) is 1.